The van der Waals surface area contributed by atoms with Crippen LogP contribution in [0.3, 0.4) is 0 Å². The van der Waals surface area contributed by atoms with E-state index in [4.69, 9.17) is 0 Å². The molecule has 0 N–H and O–H groups in total. The lowest BCUT2D eigenvalue weighted by molar-refractivity contribution is 0.250. The third-order valence-corrected chi connectivity index (χ3v) is 5.30. The molecule has 1 nitrogen and oxygen atoms in total. The number of hydrogen-bond donors (Lipinski definition) is 0. The second-order valence-corrected chi connectivity index (χ2v) is 7.98. The summed E-state index contributed by atoms with van der Waals surface area (Å²) in [6.45, 7) is 7.52. The first kappa shape index (κ1) is 20.4. The molecule has 0 fully saturated rings. The molecule has 28 heavy (non-hydrogen) atoms. The number of hydrogen-bond acceptors (Lipinski definition) is 1. The number of nitrogens with zero attached hydrogens (tertiary/aromatic N) is 1. The highest BCUT2D eigenvalue weighted by atomic mass is 15.1. The molecule has 0 saturated carbocycles. The molecule has 0 amide bonds. The molecule has 0 aliphatic rings. The molecule has 146 valence electrons. The van der Waals surface area contributed by atoms with Gasteiger partial charge in [-0.1, -0.05) is 96.4 Å². The van der Waals surface area contributed by atoms with E-state index in [1.54, 1.807) is 0 Å². The van der Waals surface area contributed by atoms with Crippen LogP contribution in [0.2, 0.25) is 0 Å². The van der Waals surface area contributed by atoms with Gasteiger partial charge in [0.25, 0.3) is 0 Å². The highest BCUT2D eigenvalue weighted by Gasteiger charge is 2.08. The molecule has 3 rings (SSSR count). The minimum absolute atomic E-state index is 1.02. The Bertz CT molecular complexity index is 820. The molecular formula is C27H33N. The number of aryl methyl sites for hydroxylation is 3. The lowest BCUT2D eigenvalue weighted by Crippen LogP contribution is -2.24. The lowest BCUT2D eigenvalue weighted by Gasteiger charge is -2.23. The van der Waals surface area contributed by atoms with Crippen molar-refractivity contribution in [1.82, 2.24) is 4.90 Å². The second kappa shape index (κ2) is 10.8. The van der Waals surface area contributed by atoms with Gasteiger partial charge in [0.15, 0.2) is 0 Å². The van der Waals surface area contributed by atoms with Crippen LogP contribution in [0.4, 0.5) is 0 Å². The Morgan fingerprint density at radius 3 is 2.04 bits per heavy atom. The Labute approximate surface area is 171 Å². The smallest absolute Gasteiger partial charge is 0.0237 e. The fraction of sp³-hybridized carbons (Fsp3) is 0.333. The SMILES string of the molecule is Cc1ccc(CN(CCCCCc2ccccc2)Cc2cccc(C)c2)cc1. The summed E-state index contributed by atoms with van der Waals surface area (Å²) in [7, 11) is 0. The summed E-state index contributed by atoms with van der Waals surface area (Å²) in [4.78, 5) is 2.60. The number of benzene rings is 3. The molecule has 3 aromatic carbocycles. The second-order valence-electron chi connectivity index (χ2n) is 7.98. The average molecular weight is 372 g/mol. The van der Waals surface area contributed by atoms with Gasteiger partial charge in [-0.25, -0.2) is 0 Å². The van der Waals surface area contributed by atoms with Crippen LogP contribution in [-0.4, -0.2) is 11.4 Å². The summed E-state index contributed by atoms with van der Waals surface area (Å²) >= 11 is 0. The summed E-state index contributed by atoms with van der Waals surface area (Å²) in [5, 5.41) is 0. The van der Waals surface area contributed by atoms with E-state index in [2.05, 4.69) is 97.6 Å². The molecule has 3 aromatic rings. The Balaban J connectivity index is 1.53. The van der Waals surface area contributed by atoms with Crippen LogP contribution in [0.5, 0.6) is 0 Å². The van der Waals surface area contributed by atoms with E-state index >= 15 is 0 Å². The van der Waals surface area contributed by atoms with Gasteiger partial charge in [-0.2, -0.15) is 0 Å². The molecule has 0 atom stereocenters. The van der Waals surface area contributed by atoms with Gasteiger partial charge in [0, 0.05) is 13.1 Å². The molecular weight excluding hydrogens is 338 g/mol. The fourth-order valence-corrected chi connectivity index (χ4v) is 3.72. The van der Waals surface area contributed by atoms with E-state index in [0.717, 1.165) is 19.6 Å². The van der Waals surface area contributed by atoms with Crippen LogP contribution in [-0.2, 0) is 19.5 Å². The Kier molecular flexibility index (Phi) is 7.87. The van der Waals surface area contributed by atoms with E-state index < -0.39 is 0 Å². The molecule has 0 aromatic heterocycles. The maximum Gasteiger partial charge on any atom is 0.0237 e. The largest absolute Gasteiger partial charge is 0.295 e. The summed E-state index contributed by atoms with van der Waals surface area (Å²) in [6.07, 6.45) is 5.00. The van der Waals surface area contributed by atoms with Crippen LogP contribution in [0.1, 0.15) is 47.1 Å². The maximum atomic E-state index is 2.60. The highest BCUT2D eigenvalue weighted by Crippen LogP contribution is 2.14. The third kappa shape index (κ3) is 6.98. The molecule has 0 unspecified atom stereocenters. The minimum Gasteiger partial charge on any atom is -0.295 e. The van der Waals surface area contributed by atoms with Crippen LogP contribution in [0, 0.1) is 13.8 Å². The van der Waals surface area contributed by atoms with Gasteiger partial charge in [-0.3, -0.25) is 4.90 Å². The molecule has 0 heterocycles. The van der Waals surface area contributed by atoms with Crippen molar-refractivity contribution in [2.24, 2.45) is 0 Å². The van der Waals surface area contributed by atoms with Crippen molar-refractivity contribution in [2.75, 3.05) is 6.54 Å². The van der Waals surface area contributed by atoms with Gasteiger partial charge in [0.2, 0.25) is 0 Å². The number of rotatable bonds is 10. The van der Waals surface area contributed by atoms with Gasteiger partial charge >= 0.3 is 0 Å². The minimum atomic E-state index is 1.02. The zero-order valence-electron chi connectivity index (χ0n) is 17.4. The van der Waals surface area contributed by atoms with Crippen LogP contribution >= 0.6 is 0 Å². The predicted molar refractivity (Wildman–Crippen MR) is 120 cm³/mol. The van der Waals surface area contributed by atoms with Crippen molar-refractivity contribution in [3.63, 3.8) is 0 Å². The number of unbranched alkanes of at least 4 members (excludes halogenated alkanes) is 2. The lowest BCUT2D eigenvalue weighted by atomic mass is 10.1. The summed E-state index contributed by atoms with van der Waals surface area (Å²) in [6, 6.07) is 28.8. The fourth-order valence-electron chi connectivity index (χ4n) is 3.72. The van der Waals surface area contributed by atoms with Crippen molar-refractivity contribution in [3.8, 4) is 0 Å². The van der Waals surface area contributed by atoms with Crippen molar-refractivity contribution in [1.29, 1.82) is 0 Å². The standard InChI is InChI=1S/C27H33N/c1-23-15-17-26(18-16-23)21-28(22-27-14-9-10-24(2)20-27)19-8-4-7-13-25-11-5-3-6-12-25/h3,5-6,9-12,14-18,20H,4,7-8,13,19,21-22H2,1-2H3. The summed E-state index contributed by atoms with van der Waals surface area (Å²) in [5.41, 5.74) is 6.95. The molecule has 1 heteroatoms. The van der Waals surface area contributed by atoms with E-state index in [-0.39, 0.29) is 0 Å². The van der Waals surface area contributed by atoms with Gasteiger partial charge in [-0.05, 0) is 56.3 Å². The summed E-state index contributed by atoms with van der Waals surface area (Å²) < 4.78 is 0. The normalized spacial score (nSPS) is 11.1. The van der Waals surface area contributed by atoms with E-state index in [1.807, 2.05) is 0 Å². The molecule has 0 aliphatic heterocycles. The van der Waals surface area contributed by atoms with Gasteiger partial charge in [0.1, 0.15) is 0 Å². The third-order valence-electron chi connectivity index (χ3n) is 5.30. The van der Waals surface area contributed by atoms with Crippen LogP contribution in [0.25, 0.3) is 0 Å². The Hall–Kier alpha value is -2.38. The van der Waals surface area contributed by atoms with Gasteiger partial charge in [0.05, 0.1) is 0 Å². The van der Waals surface area contributed by atoms with E-state index in [9.17, 15) is 0 Å². The first-order valence-corrected chi connectivity index (χ1v) is 10.6. The maximum absolute atomic E-state index is 2.60. The Morgan fingerprint density at radius 2 is 1.29 bits per heavy atom. The Morgan fingerprint density at radius 1 is 0.571 bits per heavy atom. The highest BCUT2D eigenvalue weighted by molar-refractivity contribution is 5.23. The van der Waals surface area contributed by atoms with E-state index in [1.165, 1.54) is 53.5 Å². The first-order valence-electron chi connectivity index (χ1n) is 10.6. The quantitative estimate of drug-likeness (QED) is 0.358. The van der Waals surface area contributed by atoms with Crippen molar-refractivity contribution >= 4 is 0 Å². The molecule has 0 spiro atoms. The van der Waals surface area contributed by atoms with Crippen LogP contribution in [0.15, 0.2) is 78.9 Å². The first-order chi connectivity index (χ1) is 13.7. The molecule has 0 radical (unpaired) electrons. The topological polar surface area (TPSA) is 3.24 Å². The van der Waals surface area contributed by atoms with E-state index in [0.29, 0.717) is 0 Å². The zero-order chi connectivity index (χ0) is 19.6. The predicted octanol–water partition coefficient (Wildman–Crippen LogP) is 6.72. The molecule has 0 saturated heterocycles. The van der Waals surface area contributed by atoms with Crippen molar-refractivity contribution in [2.45, 2.75) is 52.6 Å². The van der Waals surface area contributed by atoms with Crippen molar-refractivity contribution in [3.05, 3.63) is 107 Å². The zero-order valence-corrected chi connectivity index (χ0v) is 17.4. The van der Waals surface area contributed by atoms with Crippen molar-refractivity contribution < 1.29 is 0 Å². The molecule has 0 bridgehead atoms. The summed E-state index contributed by atoms with van der Waals surface area (Å²) in [5.74, 6) is 0. The van der Waals surface area contributed by atoms with Crippen LogP contribution < -0.4 is 0 Å². The average Bonchev–Trinajstić information content (AvgIpc) is 2.70. The molecule has 0 aliphatic carbocycles. The monoisotopic (exact) mass is 371 g/mol. The van der Waals surface area contributed by atoms with Gasteiger partial charge < -0.3 is 0 Å². The van der Waals surface area contributed by atoms with Gasteiger partial charge in [-0.15, -0.1) is 0 Å².